The number of hydrogen-bond donors (Lipinski definition) is 0. The Bertz CT molecular complexity index is 635. The Morgan fingerprint density at radius 2 is 1.61 bits per heavy atom. The third-order valence-electron chi connectivity index (χ3n) is 2.73. The van der Waals surface area contributed by atoms with E-state index in [4.69, 9.17) is 11.6 Å². The molecule has 4 nitrogen and oxygen atoms in total. The molecule has 0 fully saturated rings. The van der Waals surface area contributed by atoms with Crippen LogP contribution < -0.4 is 4.90 Å². The van der Waals surface area contributed by atoms with Gasteiger partial charge in [-0.3, -0.25) is 9.59 Å². The van der Waals surface area contributed by atoms with E-state index in [-0.39, 0.29) is 17.6 Å². The number of fused-ring (bicyclic) bond motifs is 1. The van der Waals surface area contributed by atoms with E-state index in [0.717, 1.165) is 4.90 Å². The summed E-state index contributed by atoms with van der Waals surface area (Å²) in [5, 5.41) is 0.427. The van der Waals surface area contributed by atoms with Gasteiger partial charge in [-0.05, 0) is 18.2 Å². The molecule has 0 bridgehead atoms. The summed E-state index contributed by atoms with van der Waals surface area (Å²) in [6.45, 7) is 0. The molecule has 0 radical (unpaired) electrons. The number of imide groups is 1. The van der Waals surface area contributed by atoms with Crippen LogP contribution in [0.3, 0.4) is 0 Å². The molecule has 2 heterocycles. The number of carbonyl (C=O) groups excluding carboxylic acids is 2. The first-order valence-corrected chi connectivity index (χ1v) is 5.65. The standard InChI is InChI=1S/C13H7ClN2O2/c14-8-5-6-15-11(7-8)16-12(17)9-3-1-2-4-10(9)13(16)18/h1-7H. The largest absolute Gasteiger partial charge is 0.268 e. The van der Waals surface area contributed by atoms with Crippen molar-refractivity contribution >= 4 is 29.2 Å². The van der Waals surface area contributed by atoms with Crippen LogP contribution in [0, 0.1) is 0 Å². The second-order valence-electron chi connectivity index (χ2n) is 3.82. The van der Waals surface area contributed by atoms with Crippen molar-refractivity contribution in [1.29, 1.82) is 0 Å². The fourth-order valence-corrected chi connectivity index (χ4v) is 2.07. The molecule has 0 unspecified atom stereocenters. The molecule has 1 aromatic carbocycles. The third-order valence-corrected chi connectivity index (χ3v) is 2.97. The predicted molar refractivity (Wildman–Crippen MR) is 66.8 cm³/mol. The van der Waals surface area contributed by atoms with Crippen LogP contribution in [0.4, 0.5) is 5.82 Å². The van der Waals surface area contributed by atoms with Crippen LogP contribution in [0.1, 0.15) is 20.7 Å². The smallest absolute Gasteiger partial charge is 0.267 e. The molecule has 0 spiro atoms. The van der Waals surface area contributed by atoms with Crippen molar-refractivity contribution in [3.63, 3.8) is 0 Å². The second-order valence-corrected chi connectivity index (χ2v) is 4.26. The van der Waals surface area contributed by atoms with Crippen molar-refractivity contribution in [2.24, 2.45) is 0 Å². The van der Waals surface area contributed by atoms with Crippen LogP contribution in [0.2, 0.25) is 5.02 Å². The minimum Gasteiger partial charge on any atom is -0.268 e. The van der Waals surface area contributed by atoms with Crippen LogP contribution in [-0.2, 0) is 0 Å². The van der Waals surface area contributed by atoms with Gasteiger partial charge in [0, 0.05) is 17.3 Å². The normalized spacial score (nSPS) is 13.9. The summed E-state index contributed by atoms with van der Waals surface area (Å²) in [7, 11) is 0. The summed E-state index contributed by atoms with van der Waals surface area (Å²) in [5.41, 5.74) is 0.786. The summed E-state index contributed by atoms with van der Waals surface area (Å²) in [4.78, 5) is 29.3. The summed E-state index contributed by atoms with van der Waals surface area (Å²) < 4.78 is 0. The molecule has 1 aromatic heterocycles. The van der Waals surface area contributed by atoms with Gasteiger partial charge in [0.1, 0.15) is 5.82 Å². The molecule has 5 heteroatoms. The summed E-state index contributed by atoms with van der Waals surface area (Å²) in [6.07, 6.45) is 1.46. The van der Waals surface area contributed by atoms with Gasteiger partial charge in [0.15, 0.2) is 0 Å². The van der Waals surface area contributed by atoms with Crippen LogP contribution >= 0.6 is 11.6 Å². The molecular weight excluding hydrogens is 252 g/mol. The number of halogens is 1. The number of hydrogen-bond acceptors (Lipinski definition) is 3. The van der Waals surface area contributed by atoms with Crippen molar-refractivity contribution in [2.45, 2.75) is 0 Å². The van der Waals surface area contributed by atoms with Crippen molar-refractivity contribution in [1.82, 2.24) is 4.98 Å². The molecule has 0 saturated heterocycles. The number of rotatable bonds is 1. The zero-order valence-corrected chi connectivity index (χ0v) is 9.89. The van der Waals surface area contributed by atoms with Gasteiger partial charge >= 0.3 is 0 Å². The number of anilines is 1. The fourth-order valence-electron chi connectivity index (χ4n) is 1.91. The van der Waals surface area contributed by atoms with Crippen LogP contribution in [0.25, 0.3) is 0 Å². The summed E-state index contributed by atoms with van der Waals surface area (Å²) in [5.74, 6) is -0.496. The van der Waals surface area contributed by atoms with Gasteiger partial charge < -0.3 is 0 Å². The molecule has 0 atom stereocenters. The topological polar surface area (TPSA) is 50.3 Å². The van der Waals surface area contributed by atoms with E-state index in [1.54, 1.807) is 30.3 Å². The lowest BCUT2D eigenvalue weighted by molar-refractivity contribution is 0.0925. The second kappa shape index (κ2) is 3.92. The Balaban J connectivity index is 2.12. The SMILES string of the molecule is O=C1c2ccccc2C(=O)N1c1cc(Cl)ccn1. The van der Waals surface area contributed by atoms with Gasteiger partial charge in [-0.15, -0.1) is 0 Å². The first-order valence-electron chi connectivity index (χ1n) is 5.28. The molecule has 0 N–H and O–H groups in total. The molecule has 88 valence electrons. The van der Waals surface area contributed by atoms with Gasteiger partial charge in [-0.1, -0.05) is 23.7 Å². The van der Waals surface area contributed by atoms with Gasteiger partial charge in [-0.2, -0.15) is 0 Å². The highest BCUT2D eigenvalue weighted by Gasteiger charge is 2.36. The molecule has 3 rings (SSSR count). The highest BCUT2D eigenvalue weighted by Crippen LogP contribution is 2.27. The van der Waals surface area contributed by atoms with Gasteiger partial charge in [0.25, 0.3) is 11.8 Å². The van der Waals surface area contributed by atoms with Crippen LogP contribution in [-0.4, -0.2) is 16.8 Å². The quantitative estimate of drug-likeness (QED) is 0.739. The summed E-state index contributed by atoms with van der Waals surface area (Å²) >= 11 is 5.84. The van der Waals surface area contributed by atoms with Crippen LogP contribution in [0.15, 0.2) is 42.6 Å². The van der Waals surface area contributed by atoms with E-state index < -0.39 is 0 Å². The Morgan fingerprint density at radius 1 is 1.00 bits per heavy atom. The van der Waals surface area contributed by atoms with E-state index >= 15 is 0 Å². The summed E-state index contributed by atoms with van der Waals surface area (Å²) in [6, 6.07) is 9.77. The fraction of sp³-hybridized carbons (Fsp3) is 0. The minimum absolute atomic E-state index is 0.244. The molecule has 18 heavy (non-hydrogen) atoms. The third kappa shape index (κ3) is 1.50. The van der Waals surface area contributed by atoms with E-state index in [0.29, 0.717) is 16.1 Å². The lowest BCUT2D eigenvalue weighted by atomic mass is 10.1. The zero-order chi connectivity index (χ0) is 12.7. The molecule has 1 aliphatic rings. The number of benzene rings is 1. The molecule has 2 aromatic rings. The molecule has 0 aliphatic carbocycles. The van der Waals surface area contributed by atoms with E-state index in [9.17, 15) is 9.59 Å². The average molecular weight is 259 g/mol. The number of carbonyl (C=O) groups is 2. The maximum absolute atomic E-state index is 12.1. The maximum atomic E-state index is 12.1. The van der Waals surface area contributed by atoms with E-state index in [2.05, 4.69) is 4.98 Å². The van der Waals surface area contributed by atoms with Crippen molar-refractivity contribution < 1.29 is 9.59 Å². The highest BCUT2D eigenvalue weighted by atomic mass is 35.5. The number of nitrogens with zero attached hydrogens (tertiary/aromatic N) is 2. The van der Waals surface area contributed by atoms with E-state index in [1.165, 1.54) is 12.3 Å². The Labute approximate surface area is 108 Å². The highest BCUT2D eigenvalue weighted by molar-refractivity contribution is 6.35. The number of aromatic nitrogens is 1. The molecule has 0 saturated carbocycles. The Kier molecular flexibility index (Phi) is 2.38. The Hall–Kier alpha value is -2.20. The minimum atomic E-state index is -0.370. The first-order chi connectivity index (χ1) is 8.68. The number of pyridine rings is 1. The van der Waals surface area contributed by atoms with Gasteiger partial charge in [-0.25, -0.2) is 9.88 Å². The lowest BCUT2D eigenvalue weighted by Gasteiger charge is -2.12. The number of amides is 2. The maximum Gasteiger partial charge on any atom is 0.267 e. The lowest BCUT2D eigenvalue weighted by Crippen LogP contribution is -2.30. The van der Waals surface area contributed by atoms with Crippen molar-refractivity contribution in [3.05, 3.63) is 58.7 Å². The Morgan fingerprint density at radius 3 is 2.17 bits per heavy atom. The first kappa shape index (κ1) is 10.9. The van der Waals surface area contributed by atoms with Gasteiger partial charge in [0.2, 0.25) is 0 Å². The molecule has 2 amide bonds. The van der Waals surface area contributed by atoms with Crippen LogP contribution in [0.5, 0.6) is 0 Å². The molecule has 1 aliphatic heterocycles. The van der Waals surface area contributed by atoms with Gasteiger partial charge in [0.05, 0.1) is 11.1 Å². The average Bonchev–Trinajstić information content (AvgIpc) is 2.63. The van der Waals surface area contributed by atoms with E-state index in [1.807, 2.05) is 0 Å². The van der Waals surface area contributed by atoms with Crippen molar-refractivity contribution in [2.75, 3.05) is 4.90 Å². The van der Waals surface area contributed by atoms with Crippen molar-refractivity contribution in [3.8, 4) is 0 Å². The molecular formula is C13H7ClN2O2. The zero-order valence-electron chi connectivity index (χ0n) is 9.13. The monoisotopic (exact) mass is 258 g/mol. The predicted octanol–water partition coefficient (Wildman–Crippen LogP) is 2.54.